The van der Waals surface area contributed by atoms with Crippen LogP contribution in [0.5, 0.6) is 0 Å². The number of amides is 2. The minimum atomic E-state index is -0.00808. The monoisotopic (exact) mass is 476 g/mol. The van der Waals surface area contributed by atoms with Crippen LogP contribution in [0.15, 0.2) is 72.8 Å². The molecule has 1 aromatic heterocycles. The lowest BCUT2D eigenvalue weighted by Crippen LogP contribution is -2.44. The van der Waals surface area contributed by atoms with Crippen molar-refractivity contribution in [3.63, 3.8) is 0 Å². The SMILES string of the molecule is CCC(C)CN(CC(=O)N(Cc1ccccc1)Cc1ccc(C)s1)C(=O)CCc1ccccc1. The van der Waals surface area contributed by atoms with E-state index in [9.17, 15) is 9.59 Å². The predicted octanol–water partition coefficient (Wildman–Crippen LogP) is 6.09. The second-order valence-corrected chi connectivity index (χ2v) is 10.4. The van der Waals surface area contributed by atoms with Crippen molar-refractivity contribution in [2.75, 3.05) is 13.1 Å². The van der Waals surface area contributed by atoms with Gasteiger partial charge in [-0.3, -0.25) is 9.59 Å². The van der Waals surface area contributed by atoms with Crippen molar-refractivity contribution in [3.8, 4) is 0 Å². The smallest absolute Gasteiger partial charge is 0.242 e. The quantitative estimate of drug-likeness (QED) is 0.317. The van der Waals surface area contributed by atoms with Crippen LogP contribution in [0.4, 0.5) is 0 Å². The van der Waals surface area contributed by atoms with E-state index in [1.807, 2.05) is 65.6 Å². The average Bonchev–Trinajstić information content (AvgIpc) is 3.27. The first-order valence-corrected chi connectivity index (χ1v) is 12.9. The van der Waals surface area contributed by atoms with E-state index in [-0.39, 0.29) is 18.4 Å². The molecule has 0 saturated heterocycles. The van der Waals surface area contributed by atoms with Crippen molar-refractivity contribution in [1.82, 2.24) is 9.80 Å². The normalized spacial score (nSPS) is 11.7. The molecule has 3 rings (SSSR count). The van der Waals surface area contributed by atoms with E-state index in [0.29, 0.717) is 38.4 Å². The Hall–Kier alpha value is -2.92. The fourth-order valence-corrected chi connectivity index (χ4v) is 4.78. The summed E-state index contributed by atoms with van der Waals surface area (Å²) in [6.45, 7) is 8.16. The molecule has 0 N–H and O–H groups in total. The summed E-state index contributed by atoms with van der Waals surface area (Å²) in [5.74, 6) is 0.381. The molecule has 2 amide bonds. The molecular weight excluding hydrogens is 440 g/mol. The summed E-state index contributed by atoms with van der Waals surface area (Å²) in [5, 5.41) is 0. The van der Waals surface area contributed by atoms with E-state index < -0.39 is 0 Å². The van der Waals surface area contributed by atoms with E-state index in [0.717, 1.165) is 22.4 Å². The van der Waals surface area contributed by atoms with Crippen LogP contribution < -0.4 is 0 Å². The zero-order valence-electron chi connectivity index (χ0n) is 20.6. The van der Waals surface area contributed by atoms with Crippen LogP contribution >= 0.6 is 11.3 Å². The Bertz CT molecular complexity index is 1030. The molecule has 0 aliphatic heterocycles. The zero-order chi connectivity index (χ0) is 24.3. The third-order valence-electron chi connectivity index (χ3n) is 6.09. The number of carbonyl (C=O) groups excluding carboxylic acids is 2. The van der Waals surface area contributed by atoms with E-state index >= 15 is 0 Å². The van der Waals surface area contributed by atoms with Gasteiger partial charge in [-0.2, -0.15) is 0 Å². The summed E-state index contributed by atoms with van der Waals surface area (Å²) >= 11 is 1.71. The molecule has 0 aliphatic carbocycles. The second-order valence-electron chi connectivity index (χ2n) is 9.02. The summed E-state index contributed by atoms with van der Waals surface area (Å²) in [5.41, 5.74) is 2.23. The third-order valence-corrected chi connectivity index (χ3v) is 7.08. The highest BCUT2D eigenvalue weighted by molar-refractivity contribution is 7.11. The van der Waals surface area contributed by atoms with Crippen molar-refractivity contribution in [2.24, 2.45) is 5.92 Å². The summed E-state index contributed by atoms with van der Waals surface area (Å²) in [4.78, 5) is 32.8. The number of aryl methyl sites for hydroxylation is 2. The maximum Gasteiger partial charge on any atom is 0.242 e. The van der Waals surface area contributed by atoms with Gasteiger partial charge in [0.05, 0.1) is 13.1 Å². The second kappa shape index (κ2) is 13.1. The van der Waals surface area contributed by atoms with Crippen molar-refractivity contribution < 1.29 is 9.59 Å². The van der Waals surface area contributed by atoms with Gasteiger partial charge in [-0.25, -0.2) is 0 Å². The Kier molecular flexibility index (Phi) is 9.89. The minimum Gasteiger partial charge on any atom is -0.333 e. The molecule has 1 heterocycles. The number of hydrogen-bond donors (Lipinski definition) is 0. The number of nitrogens with zero attached hydrogens (tertiary/aromatic N) is 2. The molecule has 5 heteroatoms. The van der Waals surface area contributed by atoms with Gasteiger partial charge in [0, 0.05) is 29.3 Å². The van der Waals surface area contributed by atoms with Gasteiger partial charge in [0.2, 0.25) is 11.8 Å². The summed E-state index contributed by atoms with van der Waals surface area (Å²) in [7, 11) is 0. The van der Waals surface area contributed by atoms with Gasteiger partial charge in [0.1, 0.15) is 0 Å². The first-order valence-electron chi connectivity index (χ1n) is 12.1. The van der Waals surface area contributed by atoms with Gasteiger partial charge in [-0.05, 0) is 42.5 Å². The average molecular weight is 477 g/mol. The van der Waals surface area contributed by atoms with Crippen molar-refractivity contribution in [1.29, 1.82) is 0 Å². The molecule has 0 saturated carbocycles. The summed E-state index contributed by atoms with van der Waals surface area (Å²) in [6, 6.07) is 24.3. The van der Waals surface area contributed by atoms with Crippen LogP contribution in [-0.4, -0.2) is 34.7 Å². The molecule has 3 aromatic rings. The molecule has 4 nitrogen and oxygen atoms in total. The Balaban J connectivity index is 1.73. The zero-order valence-corrected chi connectivity index (χ0v) is 21.4. The number of rotatable bonds is 12. The topological polar surface area (TPSA) is 40.6 Å². The van der Waals surface area contributed by atoms with E-state index in [1.54, 1.807) is 16.2 Å². The lowest BCUT2D eigenvalue weighted by Gasteiger charge is -2.29. The van der Waals surface area contributed by atoms with Crippen LogP contribution in [0.2, 0.25) is 0 Å². The summed E-state index contributed by atoms with van der Waals surface area (Å²) in [6.07, 6.45) is 2.07. The molecule has 1 unspecified atom stereocenters. The number of benzene rings is 2. The van der Waals surface area contributed by atoms with E-state index in [1.165, 1.54) is 4.88 Å². The molecule has 1 atom stereocenters. The van der Waals surface area contributed by atoms with Gasteiger partial charge in [0.15, 0.2) is 0 Å². The summed E-state index contributed by atoms with van der Waals surface area (Å²) < 4.78 is 0. The van der Waals surface area contributed by atoms with Crippen LogP contribution in [0.3, 0.4) is 0 Å². The highest BCUT2D eigenvalue weighted by atomic mass is 32.1. The fourth-order valence-electron chi connectivity index (χ4n) is 3.87. The molecule has 0 aliphatic rings. The molecule has 0 radical (unpaired) electrons. The van der Waals surface area contributed by atoms with Crippen LogP contribution in [0.25, 0.3) is 0 Å². The van der Waals surface area contributed by atoms with E-state index in [4.69, 9.17) is 0 Å². The Morgan fingerprint density at radius 1 is 0.824 bits per heavy atom. The maximum absolute atomic E-state index is 13.6. The highest BCUT2D eigenvalue weighted by Crippen LogP contribution is 2.19. The van der Waals surface area contributed by atoms with Crippen LogP contribution in [0, 0.1) is 12.8 Å². The largest absolute Gasteiger partial charge is 0.333 e. The predicted molar refractivity (Wildman–Crippen MR) is 141 cm³/mol. The molecule has 2 aromatic carbocycles. The molecule has 180 valence electrons. The van der Waals surface area contributed by atoms with E-state index in [2.05, 4.69) is 32.9 Å². The van der Waals surface area contributed by atoms with Crippen molar-refractivity contribution in [3.05, 3.63) is 93.7 Å². The number of thiophene rings is 1. The van der Waals surface area contributed by atoms with Gasteiger partial charge in [-0.1, -0.05) is 80.9 Å². The standard InChI is InChI=1S/C29H36N2O2S/c1-4-23(2)19-30(28(32)18-16-25-11-7-5-8-12-25)22-29(33)31(20-26-13-9-6-10-14-26)21-27-17-15-24(3)34-27/h5-15,17,23H,4,16,18-22H2,1-3H3. The fraction of sp³-hybridized carbons (Fsp3) is 0.379. The molecule has 0 fully saturated rings. The van der Waals surface area contributed by atoms with Crippen LogP contribution in [-0.2, 0) is 29.1 Å². The van der Waals surface area contributed by atoms with Gasteiger partial charge < -0.3 is 9.80 Å². The highest BCUT2D eigenvalue weighted by Gasteiger charge is 2.23. The van der Waals surface area contributed by atoms with Crippen molar-refractivity contribution >= 4 is 23.2 Å². The molecule has 0 spiro atoms. The number of carbonyl (C=O) groups is 2. The van der Waals surface area contributed by atoms with Gasteiger partial charge >= 0.3 is 0 Å². The Morgan fingerprint density at radius 2 is 1.47 bits per heavy atom. The first kappa shape index (κ1) is 25.7. The molecule has 34 heavy (non-hydrogen) atoms. The lowest BCUT2D eigenvalue weighted by atomic mass is 10.1. The number of hydrogen-bond acceptors (Lipinski definition) is 3. The maximum atomic E-state index is 13.6. The minimum absolute atomic E-state index is 0.00808. The Morgan fingerprint density at radius 3 is 2.06 bits per heavy atom. The van der Waals surface area contributed by atoms with Crippen LogP contribution in [0.1, 0.15) is 47.6 Å². The Labute approximate surface area is 208 Å². The lowest BCUT2D eigenvalue weighted by molar-refractivity contribution is -0.141. The molecule has 0 bridgehead atoms. The third kappa shape index (κ3) is 8.14. The first-order chi connectivity index (χ1) is 16.4. The van der Waals surface area contributed by atoms with Gasteiger partial charge in [0.25, 0.3) is 0 Å². The molecular formula is C29H36N2O2S. The van der Waals surface area contributed by atoms with Crippen molar-refractivity contribution in [2.45, 2.75) is 53.1 Å². The van der Waals surface area contributed by atoms with Gasteiger partial charge in [-0.15, -0.1) is 11.3 Å².